The molecular weight excluding hydrogens is 302 g/mol. The zero-order valence-corrected chi connectivity index (χ0v) is 12.6. The number of nitrogens with zero attached hydrogens (tertiary/aromatic N) is 3. The van der Waals surface area contributed by atoms with Gasteiger partial charge in [-0.2, -0.15) is 4.98 Å². The molecule has 0 saturated carbocycles. The lowest BCUT2D eigenvalue weighted by Crippen LogP contribution is -2.06. The minimum Gasteiger partial charge on any atom is -0.473 e. The first kappa shape index (κ1) is 16.1. The van der Waals surface area contributed by atoms with Crippen molar-refractivity contribution in [2.24, 2.45) is 0 Å². The van der Waals surface area contributed by atoms with Crippen LogP contribution in [-0.2, 0) is 4.79 Å². The monoisotopic (exact) mass is 317 g/mol. The molecule has 120 valence electrons. The van der Waals surface area contributed by atoms with Gasteiger partial charge in [-0.3, -0.25) is 14.9 Å². The number of rotatable bonds is 6. The largest absolute Gasteiger partial charge is 0.473 e. The van der Waals surface area contributed by atoms with Gasteiger partial charge in [-0.1, -0.05) is 0 Å². The Hall–Kier alpha value is -3.23. The van der Waals surface area contributed by atoms with Gasteiger partial charge in [0.25, 0.3) is 5.88 Å². The molecular formula is C14H15N5O4. The molecule has 2 N–H and O–H groups in total. The minimum atomic E-state index is -0.598. The Morgan fingerprint density at radius 2 is 1.91 bits per heavy atom. The molecule has 0 spiro atoms. The van der Waals surface area contributed by atoms with Crippen LogP contribution in [0.3, 0.4) is 0 Å². The summed E-state index contributed by atoms with van der Waals surface area (Å²) in [4.78, 5) is 29.3. The molecule has 23 heavy (non-hydrogen) atoms. The number of anilines is 3. The van der Waals surface area contributed by atoms with Gasteiger partial charge in [0.2, 0.25) is 11.7 Å². The molecule has 1 aromatic carbocycles. The van der Waals surface area contributed by atoms with E-state index in [0.717, 1.165) is 0 Å². The highest BCUT2D eigenvalue weighted by Crippen LogP contribution is 2.32. The normalized spacial score (nSPS) is 10.0. The van der Waals surface area contributed by atoms with Crippen molar-refractivity contribution in [3.63, 3.8) is 0 Å². The smallest absolute Gasteiger partial charge is 0.373 e. The highest BCUT2D eigenvalue weighted by atomic mass is 16.6. The first-order valence-corrected chi connectivity index (χ1v) is 6.78. The minimum absolute atomic E-state index is 0.0285. The van der Waals surface area contributed by atoms with Crippen molar-refractivity contribution in [2.45, 2.75) is 13.8 Å². The fourth-order valence-electron chi connectivity index (χ4n) is 1.84. The van der Waals surface area contributed by atoms with E-state index in [1.165, 1.54) is 13.3 Å². The Kier molecular flexibility index (Phi) is 5.03. The Labute approximate surface area is 131 Å². The standard InChI is InChI=1S/C14H15N5O4/c1-3-23-14-12(19(21)22)13(15-8-16-14)18-11-6-4-10(5-7-11)17-9(2)20/h4-8H,3H2,1-2H3,(H,17,20)(H,15,16,18). The van der Waals surface area contributed by atoms with E-state index in [4.69, 9.17) is 4.74 Å². The molecule has 0 aliphatic heterocycles. The number of hydrogen-bond donors (Lipinski definition) is 2. The molecule has 9 heteroatoms. The van der Waals surface area contributed by atoms with Crippen molar-refractivity contribution in [3.8, 4) is 5.88 Å². The summed E-state index contributed by atoms with van der Waals surface area (Å²) in [6, 6.07) is 6.66. The topological polar surface area (TPSA) is 119 Å². The van der Waals surface area contributed by atoms with Crippen molar-refractivity contribution in [3.05, 3.63) is 40.7 Å². The summed E-state index contributed by atoms with van der Waals surface area (Å²) in [6.07, 6.45) is 1.19. The molecule has 0 atom stereocenters. The van der Waals surface area contributed by atoms with Gasteiger partial charge >= 0.3 is 5.69 Å². The average molecular weight is 317 g/mol. The van der Waals surface area contributed by atoms with Crippen molar-refractivity contribution in [1.29, 1.82) is 0 Å². The van der Waals surface area contributed by atoms with E-state index in [9.17, 15) is 14.9 Å². The van der Waals surface area contributed by atoms with Crippen LogP contribution in [0.1, 0.15) is 13.8 Å². The van der Waals surface area contributed by atoms with Crippen molar-refractivity contribution in [1.82, 2.24) is 9.97 Å². The summed E-state index contributed by atoms with van der Waals surface area (Å²) in [5, 5.41) is 16.7. The van der Waals surface area contributed by atoms with E-state index in [0.29, 0.717) is 11.4 Å². The second-order valence-corrected chi connectivity index (χ2v) is 4.45. The lowest BCUT2D eigenvalue weighted by Gasteiger charge is -2.09. The maximum Gasteiger partial charge on any atom is 0.373 e. The summed E-state index contributed by atoms with van der Waals surface area (Å²) in [5.74, 6) is -0.246. The van der Waals surface area contributed by atoms with Crippen LogP contribution in [0.15, 0.2) is 30.6 Å². The first-order chi connectivity index (χ1) is 11.0. The van der Waals surface area contributed by atoms with Crippen LogP contribution in [0.2, 0.25) is 0 Å². The molecule has 1 heterocycles. The quantitative estimate of drug-likeness (QED) is 0.620. The van der Waals surface area contributed by atoms with Gasteiger partial charge in [-0.15, -0.1) is 0 Å². The van der Waals surface area contributed by atoms with Crippen LogP contribution in [-0.4, -0.2) is 27.4 Å². The number of benzene rings is 1. The van der Waals surface area contributed by atoms with Gasteiger partial charge in [-0.05, 0) is 31.2 Å². The van der Waals surface area contributed by atoms with Crippen LogP contribution in [0, 0.1) is 10.1 Å². The van der Waals surface area contributed by atoms with E-state index < -0.39 is 4.92 Å². The fourth-order valence-corrected chi connectivity index (χ4v) is 1.84. The van der Waals surface area contributed by atoms with Crippen LogP contribution < -0.4 is 15.4 Å². The van der Waals surface area contributed by atoms with Crippen LogP contribution in [0.25, 0.3) is 0 Å². The molecule has 0 aliphatic carbocycles. The van der Waals surface area contributed by atoms with Crippen LogP contribution in [0.4, 0.5) is 22.9 Å². The molecule has 2 aromatic rings. The Morgan fingerprint density at radius 3 is 2.48 bits per heavy atom. The van der Waals surface area contributed by atoms with Gasteiger partial charge in [0, 0.05) is 18.3 Å². The summed E-state index contributed by atoms with van der Waals surface area (Å²) < 4.78 is 5.16. The second kappa shape index (κ2) is 7.16. The van der Waals surface area contributed by atoms with Crippen LogP contribution in [0.5, 0.6) is 5.88 Å². The molecule has 0 radical (unpaired) electrons. The summed E-state index contributed by atoms with van der Waals surface area (Å²) in [5.41, 5.74) is 0.860. The van der Waals surface area contributed by atoms with Crippen molar-refractivity contribution in [2.75, 3.05) is 17.2 Å². The SMILES string of the molecule is CCOc1ncnc(Nc2ccc(NC(C)=O)cc2)c1[N+](=O)[O-]. The van der Waals surface area contributed by atoms with Gasteiger partial charge in [0.15, 0.2) is 0 Å². The van der Waals surface area contributed by atoms with Gasteiger partial charge in [0.1, 0.15) is 6.33 Å². The number of amides is 1. The third-order valence-corrected chi connectivity index (χ3v) is 2.72. The van der Waals surface area contributed by atoms with Gasteiger partial charge < -0.3 is 15.4 Å². The molecule has 1 amide bonds. The lowest BCUT2D eigenvalue weighted by atomic mass is 10.2. The molecule has 0 bridgehead atoms. The Morgan fingerprint density at radius 1 is 1.26 bits per heavy atom. The lowest BCUT2D eigenvalue weighted by molar-refractivity contribution is -0.385. The van der Waals surface area contributed by atoms with Crippen molar-refractivity contribution >= 4 is 28.8 Å². The number of nitrogens with one attached hydrogen (secondary N) is 2. The zero-order chi connectivity index (χ0) is 16.8. The molecule has 0 fully saturated rings. The highest BCUT2D eigenvalue weighted by Gasteiger charge is 2.24. The van der Waals surface area contributed by atoms with E-state index >= 15 is 0 Å². The van der Waals surface area contributed by atoms with E-state index in [2.05, 4.69) is 20.6 Å². The summed E-state index contributed by atoms with van der Waals surface area (Å²) in [7, 11) is 0. The fraction of sp³-hybridized carbons (Fsp3) is 0.214. The molecule has 2 rings (SSSR count). The van der Waals surface area contributed by atoms with Gasteiger partial charge in [0.05, 0.1) is 11.5 Å². The zero-order valence-electron chi connectivity index (χ0n) is 12.6. The predicted molar refractivity (Wildman–Crippen MR) is 83.9 cm³/mol. The van der Waals surface area contributed by atoms with Crippen LogP contribution >= 0.6 is 0 Å². The summed E-state index contributed by atoms with van der Waals surface area (Å²) in [6.45, 7) is 3.37. The maximum absolute atomic E-state index is 11.2. The highest BCUT2D eigenvalue weighted by molar-refractivity contribution is 5.88. The maximum atomic E-state index is 11.2. The van der Waals surface area contributed by atoms with Crippen molar-refractivity contribution < 1.29 is 14.5 Å². The first-order valence-electron chi connectivity index (χ1n) is 6.78. The number of nitro groups is 1. The Bertz CT molecular complexity index is 718. The third kappa shape index (κ3) is 4.13. The van der Waals surface area contributed by atoms with E-state index in [1.807, 2.05) is 0 Å². The number of carbonyl (C=O) groups excluding carboxylic acids is 1. The molecule has 0 unspecified atom stereocenters. The number of hydrogen-bond acceptors (Lipinski definition) is 7. The number of carbonyl (C=O) groups is 1. The molecule has 0 aliphatic rings. The predicted octanol–water partition coefficient (Wildman–Crippen LogP) is 2.49. The molecule has 9 nitrogen and oxygen atoms in total. The van der Waals surface area contributed by atoms with E-state index in [1.54, 1.807) is 31.2 Å². The Balaban J connectivity index is 2.27. The number of aromatic nitrogens is 2. The van der Waals surface area contributed by atoms with Gasteiger partial charge in [-0.25, -0.2) is 4.98 Å². The second-order valence-electron chi connectivity index (χ2n) is 4.45. The number of ether oxygens (including phenoxy) is 1. The average Bonchev–Trinajstić information content (AvgIpc) is 2.49. The summed E-state index contributed by atoms with van der Waals surface area (Å²) >= 11 is 0. The molecule has 1 aromatic heterocycles. The van der Waals surface area contributed by atoms with E-state index in [-0.39, 0.29) is 29.9 Å². The third-order valence-electron chi connectivity index (χ3n) is 2.72. The molecule has 0 saturated heterocycles.